The summed E-state index contributed by atoms with van der Waals surface area (Å²) in [4.78, 5) is 15.5. The average Bonchev–Trinajstić information content (AvgIpc) is 3.35. The molecule has 1 N–H and O–H groups in total. The second kappa shape index (κ2) is 9.86. The molecule has 172 valence electrons. The number of ether oxygens (including phenoxy) is 2. The number of amides is 1. The van der Waals surface area contributed by atoms with Gasteiger partial charge in [0.15, 0.2) is 0 Å². The Labute approximate surface area is 195 Å². The van der Waals surface area contributed by atoms with Gasteiger partial charge in [-0.1, -0.05) is 24.3 Å². The summed E-state index contributed by atoms with van der Waals surface area (Å²) < 4.78 is 11.0. The van der Waals surface area contributed by atoms with Crippen molar-refractivity contribution in [2.45, 2.75) is 19.3 Å². The first-order valence-corrected chi connectivity index (χ1v) is 11.2. The maximum absolute atomic E-state index is 11.8. The zero-order valence-electron chi connectivity index (χ0n) is 19.4. The van der Waals surface area contributed by atoms with Crippen LogP contribution in [-0.4, -0.2) is 50.4 Å². The minimum absolute atomic E-state index is 0.207. The highest BCUT2D eigenvalue weighted by Crippen LogP contribution is 2.35. The van der Waals surface area contributed by atoms with E-state index in [0.29, 0.717) is 12.2 Å². The maximum atomic E-state index is 11.8. The second-order valence-corrected chi connectivity index (χ2v) is 8.51. The van der Waals surface area contributed by atoms with Crippen molar-refractivity contribution in [3.05, 3.63) is 71.8 Å². The minimum Gasteiger partial charge on any atom is -0.508 e. The van der Waals surface area contributed by atoms with E-state index in [1.165, 1.54) is 17.7 Å². The van der Waals surface area contributed by atoms with Crippen LogP contribution in [0.4, 0.5) is 10.5 Å². The number of methoxy groups -OCH3 is 1. The topological polar surface area (TPSA) is 62.2 Å². The lowest BCUT2D eigenvalue weighted by Gasteiger charge is -2.21. The van der Waals surface area contributed by atoms with Crippen LogP contribution in [0.1, 0.15) is 24.0 Å². The van der Waals surface area contributed by atoms with Crippen LogP contribution >= 0.6 is 0 Å². The molecule has 0 bridgehead atoms. The van der Waals surface area contributed by atoms with E-state index in [1.54, 1.807) is 45.5 Å². The van der Waals surface area contributed by atoms with Gasteiger partial charge >= 0.3 is 6.09 Å². The van der Waals surface area contributed by atoms with Gasteiger partial charge in [-0.15, -0.1) is 0 Å². The van der Waals surface area contributed by atoms with Gasteiger partial charge in [-0.3, -0.25) is 0 Å². The van der Waals surface area contributed by atoms with Crippen molar-refractivity contribution in [1.29, 1.82) is 0 Å². The quantitative estimate of drug-likeness (QED) is 0.555. The molecule has 6 nitrogen and oxygen atoms in total. The monoisotopic (exact) mass is 446 g/mol. The lowest BCUT2D eigenvalue weighted by molar-refractivity contribution is 0.172. The van der Waals surface area contributed by atoms with E-state index in [9.17, 15) is 9.90 Å². The van der Waals surface area contributed by atoms with Crippen LogP contribution in [0.3, 0.4) is 0 Å². The Morgan fingerprint density at radius 2 is 1.73 bits per heavy atom. The van der Waals surface area contributed by atoms with Crippen LogP contribution < -0.4 is 14.4 Å². The molecule has 1 aliphatic heterocycles. The first-order chi connectivity index (χ1) is 15.9. The van der Waals surface area contributed by atoms with Gasteiger partial charge in [0.1, 0.15) is 17.2 Å². The number of phenols is 1. The number of hydrogen-bond acceptors (Lipinski definition) is 5. The van der Waals surface area contributed by atoms with E-state index < -0.39 is 6.09 Å². The van der Waals surface area contributed by atoms with Gasteiger partial charge in [-0.25, -0.2) is 4.79 Å². The number of anilines is 1. The highest BCUT2D eigenvalue weighted by molar-refractivity contribution is 5.73. The molecule has 0 saturated carbocycles. The standard InChI is InChI=1S/C27H30N2O4/c1-28(2)27(31)33-23-11-8-20(9-12-23)24-18-22(30)10-7-21(24)16-19-6-13-25(26(17-19)32-3)29-14-4-5-15-29/h6-13,17-18,30H,4-5,14-16H2,1-3H3. The number of carbonyl (C=O) groups excluding carboxylic acids is 1. The van der Waals surface area contributed by atoms with Gasteiger partial charge in [-0.05, 0) is 77.9 Å². The van der Waals surface area contributed by atoms with Crippen molar-refractivity contribution < 1.29 is 19.4 Å². The highest BCUT2D eigenvalue weighted by atomic mass is 16.6. The number of rotatable bonds is 6. The van der Waals surface area contributed by atoms with Crippen molar-refractivity contribution >= 4 is 11.8 Å². The number of benzene rings is 3. The molecule has 1 saturated heterocycles. The fourth-order valence-corrected chi connectivity index (χ4v) is 4.15. The Morgan fingerprint density at radius 3 is 2.39 bits per heavy atom. The molecule has 33 heavy (non-hydrogen) atoms. The SMILES string of the molecule is COc1cc(Cc2ccc(O)cc2-c2ccc(OC(=O)N(C)C)cc2)ccc1N1CCCC1. The van der Waals surface area contributed by atoms with Crippen molar-refractivity contribution in [3.8, 4) is 28.4 Å². The van der Waals surface area contributed by atoms with Gasteiger partial charge in [0, 0.05) is 27.2 Å². The molecule has 0 atom stereocenters. The molecule has 3 aromatic rings. The summed E-state index contributed by atoms with van der Waals surface area (Å²) >= 11 is 0. The smallest absolute Gasteiger partial charge is 0.414 e. The van der Waals surface area contributed by atoms with Gasteiger partial charge in [0.25, 0.3) is 0 Å². The number of nitrogens with zero attached hydrogens (tertiary/aromatic N) is 2. The number of carbonyl (C=O) groups is 1. The molecule has 1 aliphatic rings. The molecule has 0 aromatic heterocycles. The van der Waals surface area contributed by atoms with Gasteiger partial charge in [0.2, 0.25) is 0 Å². The van der Waals surface area contributed by atoms with E-state index in [2.05, 4.69) is 23.1 Å². The zero-order chi connectivity index (χ0) is 23.4. The summed E-state index contributed by atoms with van der Waals surface area (Å²) in [6, 6.07) is 19.1. The lowest BCUT2D eigenvalue weighted by atomic mass is 9.94. The van der Waals surface area contributed by atoms with Crippen molar-refractivity contribution in [1.82, 2.24) is 4.90 Å². The van der Waals surface area contributed by atoms with Crippen LogP contribution in [0.2, 0.25) is 0 Å². The van der Waals surface area contributed by atoms with Crippen molar-refractivity contribution in [3.63, 3.8) is 0 Å². The maximum Gasteiger partial charge on any atom is 0.414 e. The third kappa shape index (κ3) is 5.22. The molecule has 4 rings (SSSR count). The Kier molecular flexibility index (Phi) is 6.73. The summed E-state index contributed by atoms with van der Waals surface area (Å²) in [7, 11) is 5.00. The van der Waals surface area contributed by atoms with E-state index in [4.69, 9.17) is 9.47 Å². The Morgan fingerprint density at radius 1 is 1.00 bits per heavy atom. The summed E-state index contributed by atoms with van der Waals surface area (Å²) in [5.74, 6) is 1.57. The number of phenolic OH excluding ortho intramolecular Hbond substituents is 1. The second-order valence-electron chi connectivity index (χ2n) is 8.51. The van der Waals surface area contributed by atoms with E-state index in [-0.39, 0.29) is 5.75 Å². The molecule has 0 spiro atoms. The Balaban J connectivity index is 1.59. The number of hydrogen-bond donors (Lipinski definition) is 1. The normalized spacial score (nSPS) is 13.1. The summed E-state index contributed by atoms with van der Waals surface area (Å²) in [5, 5.41) is 10.1. The lowest BCUT2D eigenvalue weighted by Crippen LogP contribution is -2.25. The van der Waals surface area contributed by atoms with E-state index in [1.807, 2.05) is 18.2 Å². The fourth-order valence-electron chi connectivity index (χ4n) is 4.15. The third-order valence-electron chi connectivity index (χ3n) is 5.91. The van der Waals surface area contributed by atoms with Gasteiger partial charge in [-0.2, -0.15) is 0 Å². The van der Waals surface area contributed by atoms with Gasteiger partial charge < -0.3 is 24.4 Å². The zero-order valence-corrected chi connectivity index (χ0v) is 19.4. The molecule has 1 amide bonds. The summed E-state index contributed by atoms with van der Waals surface area (Å²) in [6.07, 6.45) is 2.71. The molecule has 3 aromatic carbocycles. The Hall–Kier alpha value is -3.67. The predicted octanol–water partition coefficient (Wildman–Crippen LogP) is 5.32. The third-order valence-corrected chi connectivity index (χ3v) is 5.91. The fraction of sp³-hybridized carbons (Fsp3) is 0.296. The molecule has 1 fully saturated rings. The summed E-state index contributed by atoms with van der Waals surface area (Å²) in [6.45, 7) is 2.13. The van der Waals surface area contributed by atoms with Crippen LogP contribution in [-0.2, 0) is 6.42 Å². The first-order valence-electron chi connectivity index (χ1n) is 11.2. The summed E-state index contributed by atoms with van der Waals surface area (Å²) in [5.41, 5.74) is 5.24. The number of aromatic hydroxyl groups is 1. The highest BCUT2D eigenvalue weighted by Gasteiger charge is 2.17. The average molecular weight is 447 g/mol. The molecular weight excluding hydrogens is 416 g/mol. The van der Waals surface area contributed by atoms with E-state index in [0.717, 1.165) is 46.8 Å². The minimum atomic E-state index is -0.424. The molecule has 1 heterocycles. The van der Waals surface area contributed by atoms with Crippen molar-refractivity contribution in [2.24, 2.45) is 0 Å². The van der Waals surface area contributed by atoms with Crippen LogP contribution in [0.5, 0.6) is 17.2 Å². The first kappa shape index (κ1) is 22.5. The Bertz CT molecular complexity index is 1120. The molecule has 6 heteroatoms. The molecule has 0 aliphatic carbocycles. The predicted molar refractivity (Wildman–Crippen MR) is 131 cm³/mol. The van der Waals surface area contributed by atoms with Crippen LogP contribution in [0, 0.1) is 0 Å². The molecule has 0 radical (unpaired) electrons. The largest absolute Gasteiger partial charge is 0.508 e. The van der Waals surface area contributed by atoms with Gasteiger partial charge in [0.05, 0.1) is 12.8 Å². The molecular formula is C27H30N2O4. The van der Waals surface area contributed by atoms with E-state index >= 15 is 0 Å². The van der Waals surface area contributed by atoms with Crippen LogP contribution in [0.15, 0.2) is 60.7 Å². The van der Waals surface area contributed by atoms with Crippen LogP contribution in [0.25, 0.3) is 11.1 Å². The van der Waals surface area contributed by atoms with Crippen molar-refractivity contribution in [2.75, 3.05) is 39.2 Å². The molecule has 0 unspecified atom stereocenters.